The summed E-state index contributed by atoms with van der Waals surface area (Å²) in [5.74, 6) is 0.280. The number of hydrogen-bond acceptors (Lipinski definition) is 2. The molecule has 100 valence electrons. The third-order valence-electron chi connectivity index (χ3n) is 2.92. The van der Waals surface area contributed by atoms with Crippen LogP contribution in [0.2, 0.25) is 0 Å². The molecule has 4 heteroatoms. The van der Waals surface area contributed by atoms with Gasteiger partial charge in [0.1, 0.15) is 11.6 Å². The zero-order valence-electron chi connectivity index (χ0n) is 10.4. The smallest absolute Gasteiger partial charge is 0.126 e. The summed E-state index contributed by atoms with van der Waals surface area (Å²) in [5, 5.41) is 10.3. The third-order valence-corrected chi connectivity index (χ3v) is 3.42. The molecule has 1 atom stereocenters. The highest BCUT2D eigenvalue weighted by Gasteiger charge is 2.16. The molecule has 0 heterocycles. The van der Waals surface area contributed by atoms with E-state index in [1.807, 2.05) is 6.07 Å². The Balaban J connectivity index is 2.27. The molecule has 1 N–H and O–H groups in total. The lowest BCUT2D eigenvalue weighted by atomic mass is 10.0. The van der Waals surface area contributed by atoms with Gasteiger partial charge in [0.2, 0.25) is 0 Å². The predicted octanol–water partition coefficient (Wildman–Crippen LogP) is 3.87. The Kier molecular flexibility index (Phi) is 4.56. The highest BCUT2D eigenvalue weighted by molar-refractivity contribution is 9.10. The van der Waals surface area contributed by atoms with E-state index in [9.17, 15) is 9.50 Å². The van der Waals surface area contributed by atoms with Crippen LogP contribution in [-0.4, -0.2) is 12.2 Å². The minimum absolute atomic E-state index is 0.208. The Hall–Kier alpha value is -1.39. The number of halogens is 2. The second-order valence-corrected chi connectivity index (χ2v) is 5.11. The van der Waals surface area contributed by atoms with Crippen molar-refractivity contribution in [1.29, 1.82) is 0 Å². The molecule has 0 amide bonds. The molecule has 0 aliphatic carbocycles. The average Bonchev–Trinajstić information content (AvgIpc) is 2.41. The van der Waals surface area contributed by atoms with Gasteiger partial charge in [0, 0.05) is 16.5 Å². The maximum Gasteiger partial charge on any atom is 0.126 e. The molecule has 0 fully saturated rings. The van der Waals surface area contributed by atoms with Gasteiger partial charge in [0.15, 0.2) is 0 Å². The largest absolute Gasteiger partial charge is 0.496 e. The first-order valence-corrected chi connectivity index (χ1v) is 6.66. The van der Waals surface area contributed by atoms with Gasteiger partial charge < -0.3 is 9.84 Å². The van der Waals surface area contributed by atoms with Crippen molar-refractivity contribution in [2.75, 3.05) is 7.11 Å². The zero-order valence-corrected chi connectivity index (χ0v) is 12.0. The minimum Gasteiger partial charge on any atom is -0.496 e. The van der Waals surface area contributed by atoms with Gasteiger partial charge in [-0.05, 0) is 29.8 Å². The maximum absolute atomic E-state index is 13.6. The van der Waals surface area contributed by atoms with Crippen LogP contribution in [0.3, 0.4) is 0 Å². The van der Waals surface area contributed by atoms with Crippen molar-refractivity contribution >= 4 is 15.9 Å². The molecule has 0 saturated heterocycles. The summed E-state index contributed by atoms with van der Waals surface area (Å²) in [5.41, 5.74) is 1.12. The third kappa shape index (κ3) is 3.33. The standard InChI is InChI=1S/C15H14BrFO2/c1-19-15-7-6-11(16)9-12(15)14(18)8-10-4-2-3-5-13(10)17/h2-7,9,14,18H,8H2,1H3. The van der Waals surface area contributed by atoms with Crippen molar-refractivity contribution in [3.05, 3.63) is 63.9 Å². The topological polar surface area (TPSA) is 29.5 Å². The molecule has 0 aliphatic heterocycles. The molecule has 0 saturated carbocycles. The number of aliphatic hydroxyl groups is 1. The molecule has 19 heavy (non-hydrogen) atoms. The van der Waals surface area contributed by atoms with Crippen LogP contribution in [0.4, 0.5) is 4.39 Å². The summed E-state index contributed by atoms with van der Waals surface area (Å²) in [7, 11) is 1.54. The van der Waals surface area contributed by atoms with Gasteiger partial charge in [-0.3, -0.25) is 0 Å². The molecule has 0 aromatic heterocycles. The molecular weight excluding hydrogens is 311 g/mol. The molecule has 2 aromatic carbocycles. The van der Waals surface area contributed by atoms with Gasteiger partial charge in [-0.15, -0.1) is 0 Å². The fourth-order valence-electron chi connectivity index (χ4n) is 1.95. The van der Waals surface area contributed by atoms with Crippen LogP contribution in [0.15, 0.2) is 46.9 Å². The second kappa shape index (κ2) is 6.17. The summed E-state index contributed by atoms with van der Waals surface area (Å²) >= 11 is 3.35. The number of aliphatic hydroxyl groups excluding tert-OH is 1. The van der Waals surface area contributed by atoms with Crippen molar-refractivity contribution in [1.82, 2.24) is 0 Å². The summed E-state index contributed by atoms with van der Waals surface area (Å²) < 4.78 is 19.6. The monoisotopic (exact) mass is 324 g/mol. The lowest BCUT2D eigenvalue weighted by Crippen LogP contribution is -2.05. The van der Waals surface area contributed by atoms with Crippen LogP contribution in [0, 0.1) is 5.82 Å². The van der Waals surface area contributed by atoms with Crippen molar-refractivity contribution in [3.63, 3.8) is 0 Å². The fraction of sp³-hybridized carbons (Fsp3) is 0.200. The number of methoxy groups -OCH3 is 1. The summed E-state index contributed by atoms with van der Waals surface area (Å²) in [6.07, 6.45) is -0.608. The molecule has 2 nitrogen and oxygen atoms in total. The van der Waals surface area contributed by atoms with Crippen molar-refractivity contribution < 1.29 is 14.2 Å². The number of benzene rings is 2. The number of rotatable bonds is 4. The van der Waals surface area contributed by atoms with E-state index in [1.165, 1.54) is 6.07 Å². The Morgan fingerprint density at radius 2 is 2.00 bits per heavy atom. The van der Waals surface area contributed by atoms with E-state index >= 15 is 0 Å². The predicted molar refractivity (Wildman–Crippen MR) is 75.8 cm³/mol. The molecular formula is C15H14BrFO2. The normalized spacial score (nSPS) is 12.2. The van der Waals surface area contributed by atoms with Crippen molar-refractivity contribution in [3.8, 4) is 5.75 Å². The van der Waals surface area contributed by atoms with Crippen LogP contribution in [-0.2, 0) is 6.42 Å². The molecule has 0 spiro atoms. The Morgan fingerprint density at radius 1 is 1.26 bits per heavy atom. The van der Waals surface area contributed by atoms with E-state index in [-0.39, 0.29) is 12.2 Å². The molecule has 2 aromatic rings. The lowest BCUT2D eigenvalue weighted by Gasteiger charge is -2.15. The van der Waals surface area contributed by atoms with E-state index in [0.717, 1.165) is 4.47 Å². The summed E-state index contributed by atoms with van der Waals surface area (Å²) in [6, 6.07) is 11.8. The average molecular weight is 325 g/mol. The molecule has 2 rings (SSSR count). The van der Waals surface area contributed by atoms with Gasteiger partial charge >= 0.3 is 0 Å². The number of hydrogen-bond donors (Lipinski definition) is 1. The molecule has 0 radical (unpaired) electrons. The first-order valence-electron chi connectivity index (χ1n) is 5.86. The van der Waals surface area contributed by atoms with E-state index in [1.54, 1.807) is 37.4 Å². The SMILES string of the molecule is COc1ccc(Br)cc1C(O)Cc1ccccc1F. The minimum atomic E-state index is -0.815. The van der Waals surface area contributed by atoms with E-state index in [0.29, 0.717) is 16.9 Å². The van der Waals surface area contributed by atoms with Crippen LogP contribution in [0.1, 0.15) is 17.2 Å². The first kappa shape index (κ1) is 14.0. The highest BCUT2D eigenvalue weighted by Crippen LogP contribution is 2.30. The van der Waals surface area contributed by atoms with Gasteiger partial charge in [0.25, 0.3) is 0 Å². The van der Waals surface area contributed by atoms with Crippen molar-refractivity contribution in [2.24, 2.45) is 0 Å². The van der Waals surface area contributed by atoms with Gasteiger partial charge in [0.05, 0.1) is 13.2 Å². The van der Waals surface area contributed by atoms with Crippen LogP contribution >= 0.6 is 15.9 Å². The molecule has 0 bridgehead atoms. The van der Waals surface area contributed by atoms with Gasteiger partial charge in [-0.2, -0.15) is 0 Å². The van der Waals surface area contributed by atoms with E-state index < -0.39 is 6.10 Å². The summed E-state index contributed by atoms with van der Waals surface area (Å²) in [6.45, 7) is 0. The molecule has 1 unspecified atom stereocenters. The quantitative estimate of drug-likeness (QED) is 0.925. The van der Waals surface area contributed by atoms with Crippen LogP contribution in [0.5, 0.6) is 5.75 Å². The maximum atomic E-state index is 13.6. The lowest BCUT2D eigenvalue weighted by molar-refractivity contribution is 0.172. The van der Waals surface area contributed by atoms with E-state index in [2.05, 4.69) is 15.9 Å². The van der Waals surface area contributed by atoms with Crippen LogP contribution in [0.25, 0.3) is 0 Å². The summed E-state index contributed by atoms with van der Waals surface area (Å²) in [4.78, 5) is 0. The van der Waals surface area contributed by atoms with E-state index in [4.69, 9.17) is 4.74 Å². The second-order valence-electron chi connectivity index (χ2n) is 4.20. The van der Waals surface area contributed by atoms with Gasteiger partial charge in [-0.25, -0.2) is 4.39 Å². The van der Waals surface area contributed by atoms with Crippen LogP contribution < -0.4 is 4.74 Å². The Morgan fingerprint density at radius 3 is 2.68 bits per heavy atom. The van der Waals surface area contributed by atoms with Crippen molar-refractivity contribution in [2.45, 2.75) is 12.5 Å². The van der Waals surface area contributed by atoms with Gasteiger partial charge in [-0.1, -0.05) is 34.1 Å². The first-order chi connectivity index (χ1) is 9.11. The Bertz CT molecular complexity index is 572. The number of ether oxygens (including phenoxy) is 1. The fourth-order valence-corrected chi connectivity index (χ4v) is 2.33. The zero-order chi connectivity index (χ0) is 13.8. The Labute approximate surface area is 120 Å². The highest BCUT2D eigenvalue weighted by atomic mass is 79.9. The molecule has 0 aliphatic rings.